The van der Waals surface area contributed by atoms with Crippen molar-refractivity contribution in [2.45, 2.75) is 19.3 Å². The second kappa shape index (κ2) is 10.4. The van der Waals surface area contributed by atoms with Crippen LogP contribution in [0.4, 0.5) is 10.5 Å². The standard InChI is InChI=1S/C22H26N2O7/c1-27-18-11-15(8-9-23-22(26)29-3)16(12-19(18)28-2)24-21(25)7-5-14-4-6-17-20(10-14)31-13-30-17/h4,6,10-12H,5,7-9,13H2,1-3H3,(H,23,26)(H,24,25). The molecule has 2 N–H and O–H groups in total. The minimum absolute atomic E-state index is 0.146. The zero-order valence-corrected chi connectivity index (χ0v) is 17.8. The van der Waals surface area contributed by atoms with E-state index in [1.165, 1.54) is 21.3 Å². The van der Waals surface area contributed by atoms with Crippen molar-refractivity contribution in [3.8, 4) is 23.0 Å². The molecular formula is C22H26N2O7. The van der Waals surface area contributed by atoms with Crippen molar-refractivity contribution in [2.75, 3.05) is 40.0 Å². The van der Waals surface area contributed by atoms with Gasteiger partial charge in [-0.3, -0.25) is 4.79 Å². The summed E-state index contributed by atoms with van der Waals surface area (Å²) < 4.78 is 26.0. The highest BCUT2D eigenvalue weighted by Crippen LogP contribution is 2.34. The number of nitrogens with one attached hydrogen (secondary N) is 2. The number of amides is 2. The number of benzene rings is 2. The van der Waals surface area contributed by atoms with Crippen molar-refractivity contribution in [1.29, 1.82) is 0 Å². The van der Waals surface area contributed by atoms with Gasteiger partial charge >= 0.3 is 6.09 Å². The summed E-state index contributed by atoms with van der Waals surface area (Å²) in [5.74, 6) is 2.29. The highest BCUT2D eigenvalue weighted by molar-refractivity contribution is 5.92. The maximum absolute atomic E-state index is 12.6. The van der Waals surface area contributed by atoms with Gasteiger partial charge in [-0.25, -0.2) is 4.79 Å². The SMILES string of the molecule is COC(=O)NCCc1cc(OC)c(OC)cc1NC(=O)CCc1ccc2c(c1)OCO2. The summed E-state index contributed by atoms with van der Waals surface area (Å²) in [4.78, 5) is 23.9. The number of carbonyl (C=O) groups excluding carboxylic acids is 2. The van der Waals surface area contributed by atoms with Gasteiger partial charge in [-0.2, -0.15) is 0 Å². The number of hydrogen-bond acceptors (Lipinski definition) is 7. The third kappa shape index (κ3) is 5.71. The van der Waals surface area contributed by atoms with Crippen LogP contribution in [0, 0.1) is 0 Å². The Labute approximate surface area is 180 Å². The summed E-state index contributed by atoms with van der Waals surface area (Å²) >= 11 is 0. The number of fused-ring (bicyclic) bond motifs is 1. The van der Waals surface area contributed by atoms with Gasteiger partial charge in [-0.15, -0.1) is 0 Å². The topological polar surface area (TPSA) is 104 Å². The van der Waals surface area contributed by atoms with Crippen LogP contribution in [-0.4, -0.2) is 46.7 Å². The van der Waals surface area contributed by atoms with Crippen LogP contribution in [0.1, 0.15) is 17.5 Å². The molecule has 0 radical (unpaired) electrons. The number of anilines is 1. The zero-order valence-electron chi connectivity index (χ0n) is 17.8. The lowest BCUT2D eigenvalue weighted by atomic mass is 10.1. The van der Waals surface area contributed by atoms with Crippen LogP contribution in [0.25, 0.3) is 0 Å². The molecule has 1 aliphatic rings. The van der Waals surface area contributed by atoms with Crippen molar-refractivity contribution in [1.82, 2.24) is 5.32 Å². The summed E-state index contributed by atoms with van der Waals surface area (Å²) in [6, 6.07) is 9.14. The van der Waals surface area contributed by atoms with Gasteiger partial charge in [0.05, 0.1) is 21.3 Å². The van der Waals surface area contributed by atoms with E-state index in [1.54, 1.807) is 12.1 Å². The molecule has 0 saturated heterocycles. The van der Waals surface area contributed by atoms with Crippen LogP contribution >= 0.6 is 0 Å². The van der Waals surface area contributed by atoms with Gasteiger partial charge in [0.25, 0.3) is 0 Å². The Hall–Kier alpha value is -3.62. The lowest BCUT2D eigenvalue weighted by Crippen LogP contribution is -2.25. The molecule has 0 saturated carbocycles. The third-order valence-electron chi connectivity index (χ3n) is 4.81. The Bertz CT molecular complexity index is 946. The highest BCUT2D eigenvalue weighted by atomic mass is 16.7. The maximum atomic E-state index is 12.6. The van der Waals surface area contributed by atoms with Crippen molar-refractivity contribution in [3.63, 3.8) is 0 Å². The highest BCUT2D eigenvalue weighted by Gasteiger charge is 2.16. The fourth-order valence-corrected chi connectivity index (χ4v) is 3.18. The second-order valence-electron chi connectivity index (χ2n) is 6.77. The number of rotatable bonds is 9. The molecule has 1 aliphatic heterocycles. The molecule has 2 aromatic carbocycles. The van der Waals surface area contributed by atoms with Gasteiger partial charge in [-0.1, -0.05) is 6.07 Å². The minimum Gasteiger partial charge on any atom is -0.493 e. The molecule has 31 heavy (non-hydrogen) atoms. The Balaban J connectivity index is 1.67. The molecule has 2 amide bonds. The van der Waals surface area contributed by atoms with Crippen molar-refractivity contribution in [2.24, 2.45) is 0 Å². The fourth-order valence-electron chi connectivity index (χ4n) is 3.18. The van der Waals surface area contributed by atoms with Crippen molar-refractivity contribution < 1.29 is 33.3 Å². The molecule has 0 atom stereocenters. The van der Waals surface area contributed by atoms with E-state index in [0.717, 1.165) is 11.1 Å². The molecule has 9 heteroatoms. The van der Waals surface area contributed by atoms with Crippen LogP contribution < -0.4 is 29.6 Å². The number of ether oxygens (including phenoxy) is 5. The Morgan fingerprint density at radius 1 is 0.968 bits per heavy atom. The molecule has 3 rings (SSSR count). The van der Waals surface area contributed by atoms with Gasteiger partial charge in [0.1, 0.15) is 0 Å². The van der Waals surface area contributed by atoms with Gasteiger partial charge < -0.3 is 34.3 Å². The Morgan fingerprint density at radius 2 is 1.71 bits per heavy atom. The molecule has 9 nitrogen and oxygen atoms in total. The van der Waals surface area contributed by atoms with Crippen LogP contribution in [0.3, 0.4) is 0 Å². The Morgan fingerprint density at radius 3 is 2.45 bits per heavy atom. The lowest BCUT2D eigenvalue weighted by molar-refractivity contribution is -0.116. The molecule has 0 fully saturated rings. The molecule has 0 aromatic heterocycles. The number of carbonyl (C=O) groups is 2. The zero-order chi connectivity index (χ0) is 22.2. The Kier molecular flexibility index (Phi) is 7.42. The molecule has 2 aromatic rings. The first-order valence-corrected chi connectivity index (χ1v) is 9.79. The molecule has 0 unspecified atom stereocenters. The van der Waals surface area contributed by atoms with Crippen LogP contribution in [0.2, 0.25) is 0 Å². The lowest BCUT2D eigenvalue weighted by Gasteiger charge is -2.16. The van der Waals surface area contributed by atoms with Gasteiger partial charge in [-0.05, 0) is 42.2 Å². The number of aryl methyl sites for hydroxylation is 1. The first-order chi connectivity index (χ1) is 15.0. The number of alkyl carbamates (subject to hydrolysis) is 1. The van der Waals surface area contributed by atoms with E-state index < -0.39 is 6.09 Å². The predicted octanol–water partition coefficient (Wildman–Crippen LogP) is 2.90. The molecule has 0 spiro atoms. The quantitative estimate of drug-likeness (QED) is 0.630. The van der Waals surface area contributed by atoms with Crippen LogP contribution in [-0.2, 0) is 22.4 Å². The van der Waals surface area contributed by atoms with E-state index >= 15 is 0 Å². The third-order valence-corrected chi connectivity index (χ3v) is 4.81. The predicted molar refractivity (Wildman–Crippen MR) is 113 cm³/mol. The molecule has 0 bridgehead atoms. The summed E-state index contributed by atoms with van der Waals surface area (Å²) in [6.07, 6.45) is 0.783. The maximum Gasteiger partial charge on any atom is 0.406 e. The molecular weight excluding hydrogens is 404 g/mol. The number of hydrogen-bond donors (Lipinski definition) is 2. The summed E-state index contributed by atoms with van der Waals surface area (Å²) in [5.41, 5.74) is 2.37. The molecule has 0 aliphatic carbocycles. The van der Waals surface area contributed by atoms with Crippen LogP contribution in [0.5, 0.6) is 23.0 Å². The van der Waals surface area contributed by atoms with Gasteiger partial charge in [0.2, 0.25) is 12.7 Å². The van der Waals surface area contributed by atoms with E-state index in [2.05, 4.69) is 15.4 Å². The molecule has 1 heterocycles. The van der Waals surface area contributed by atoms with E-state index in [9.17, 15) is 9.59 Å². The summed E-state index contributed by atoms with van der Waals surface area (Å²) in [7, 11) is 4.37. The normalized spacial score (nSPS) is 11.6. The van der Waals surface area contributed by atoms with E-state index in [1.807, 2.05) is 18.2 Å². The first-order valence-electron chi connectivity index (χ1n) is 9.79. The smallest absolute Gasteiger partial charge is 0.406 e. The van der Waals surface area contributed by atoms with Crippen molar-refractivity contribution >= 4 is 17.7 Å². The summed E-state index contributed by atoms with van der Waals surface area (Å²) in [5, 5.41) is 5.56. The van der Waals surface area contributed by atoms with E-state index in [4.69, 9.17) is 18.9 Å². The average molecular weight is 430 g/mol. The number of methoxy groups -OCH3 is 3. The largest absolute Gasteiger partial charge is 0.493 e. The van der Waals surface area contributed by atoms with Crippen molar-refractivity contribution in [3.05, 3.63) is 41.5 Å². The first kappa shape index (κ1) is 22.1. The fraction of sp³-hybridized carbons (Fsp3) is 0.364. The van der Waals surface area contributed by atoms with E-state index in [0.29, 0.717) is 48.1 Å². The second-order valence-corrected chi connectivity index (χ2v) is 6.77. The minimum atomic E-state index is -0.519. The average Bonchev–Trinajstić information content (AvgIpc) is 3.26. The van der Waals surface area contributed by atoms with Gasteiger partial charge in [0.15, 0.2) is 23.0 Å². The monoisotopic (exact) mass is 430 g/mol. The molecule has 166 valence electrons. The summed E-state index contributed by atoms with van der Waals surface area (Å²) in [6.45, 7) is 0.550. The van der Waals surface area contributed by atoms with Gasteiger partial charge in [0, 0.05) is 24.7 Å². The van der Waals surface area contributed by atoms with E-state index in [-0.39, 0.29) is 19.1 Å². The van der Waals surface area contributed by atoms with Crippen LogP contribution in [0.15, 0.2) is 30.3 Å².